The van der Waals surface area contributed by atoms with E-state index in [1.165, 1.54) is 0 Å². The number of carbonyl (C=O) groups excluding carboxylic acids is 1. The normalized spacial score (nSPS) is 10.8. The van der Waals surface area contributed by atoms with Gasteiger partial charge in [0, 0.05) is 21.6 Å². The van der Waals surface area contributed by atoms with E-state index in [-0.39, 0.29) is 12.3 Å². The molecule has 0 radical (unpaired) electrons. The zero-order valence-corrected chi connectivity index (χ0v) is 9.06. The van der Waals surface area contributed by atoms with Crippen molar-refractivity contribution in [2.75, 3.05) is 0 Å². The van der Waals surface area contributed by atoms with Gasteiger partial charge in [-0.15, -0.1) is 0 Å². The average molecular weight is 223 g/mol. The fourth-order valence-electron chi connectivity index (χ4n) is 1.71. The topological polar surface area (TPSA) is 58.9 Å². The van der Waals surface area contributed by atoms with Crippen LogP contribution in [0.2, 0.25) is 5.02 Å². The molecule has 0 saturated heterocycles. The SMILES string of the molecule is Cc1c(CC(N)=O)[nH]c2ccc(Cl)cc12. The molecule has 0 bridgehead atoms. The zero-order chi connectivity index (χ0) is 11.0. The third kappa shape index (κ3) is 1.83. The summed E-state index contributed by atoms with van der Waals surface area (Å²) in [6.45, 7) is 1.95. The minimum Gasteiger partial charge on any atom is -0.369 e. The molecule has 2 aromatic rings. The minimum absolute atomic E-state index is 0.234. The van der Waals surface area contributed by atoms with Crippen LogP contribution in [-0.2, 0) is 11.2 Å². The highest BCUT2D eigenvalue weighted by Gasteiger charge is 2.09. The maximum atomic E-state index is 10.8. The Hall–Kier alpha value is -1.48. The van der Waals surface area contributed by atoms with Crippen molar-refractivity contribution < 1.29 is 4.79 Å². The summed E-state index contributed by atoms with van der Waals surface area (Å²) >= 11 is 5.90. The molecule has 3 N–H and O–H groups in total. The van der Waals surface area contributed by atoms with E-state index in [0.29, 0.717) is 5.02 Å². The van der Waals surface area contributed by atoms with Crippen molar-refractivity contribution in [1.82, 2.24) is 4.98 Å². The fourth-order valence-corrected chi connectivity index (χ4v) is 1.88. The van der Waals surface area contributed by atoms with Gasteiger partial charge in [-0.3, -0.25) is 4.79 Å². The number of aryl methyl sites for hydroxylation is 1. The third-order valence-corrected chi connectivity index (χ3v) is 2.71. The zero-order valence-electron chi connectivity index (χ0n) is 8.30. The van der Waals surface area contributed by atoms with Gasteiger partial charge in [0.1, 0.15) is 0 Å². The number of H-pyrrole nitrogens is 1. The van der Waals surface area contributed by atoms with Gasteiger partial charge in [-0.25, -0.2) is 0 Å². The first-order chi connectivity index (χ1) is 7.08. The van der Waals surface area contributed by atoms with Gasteiger partial charge in [0.25, 0.3) is 0 Å². The molecule has 3 nitrogen and oxygen atoms in total. The number of nitrogens with one attached hydrogen (secondary N) is 1. The molecule has 0 aliphatic rings. The van der Waals surface area contributed by atoms with Crippen LogP contribution in [-0.4, -0.2) is 10.9 Å². The highest BCUT2D eigenvalue weighted by Crippen LogP contribution is 2.24. The van der Waals surface area contributed by atoms with E-state index in [1.807, 2.05) is 25.1 Å². The highest BCUT2D eigenvalue weighted by atomic mass is 35.5. The number of fused-ring (bicyclic) bond motifs is 1. The monoisotopic (exact) mass is 222 g/mol. The number of carbonyl (C=O) groups is 1. The van der Waals surface area contributed by atoms with E-state index in [0.717, 1.165) is 22.2 Å². The molecule has 0 atom stereocenters. The van der Waals surface area contributed by atoms with Gasteiger partial charge in [-0.05, 0) is 30.7 Å². The number of aromatic amines is 1. The summed E-state index contributed by atoms with van der Waals surface area (Å²) in [5, 5.41) is 1.73. The molecular weight excluding hydrogens is 212 g/mol. The Balaban J connectivity index is 2.59. The van der Waals surface area contributed by atoms with Crippen LogP contribution >= 0.6 is 11.6 Å². The van der Waals surface area contributed by atoms with Gasteiger partial charge >= 0.3 is 0 Å². The van der Waals surface area contributed by atoms with Gasteiger partial charge in [-0.1, -0.05) is 11.6 Å². The van der Waals surface area contributed by atoms with Gasteiger partial charge < -0.3 is 10.7 Å². The Labute approximate surface area is 92.2 Å². The summed E-state index contributed by atoms with van der Waals surface area (Å²) in [5.74, 6) is -0.337. The lowest BCUT2D eigenvalue weighted by molar-refractivity contribution is -0.117. The molecular formula is C11H11ClN2O. The standard InChI is InChI=1S/C11H11ClN2O/c1-6-8-4-7(12)2-3-9(8)14-10(6)5-11(13)15/h2-4,14H,5H2,1H3,(H2,13,15). The number of rotatable bonds is 2. The van der Waals surface area contributed by atoms with Crippen molar-refractivity contribution in [3.8, 4) is 0 Å². The summed E-state index contributed by atoms with van der Waals surface area (Å²) < 4.78 is 0. The number of nitrogens with two attached hydrogens (primary N) is 1. The van der Waals surface area contributed by atoms with Gasteiger partial charge in [0.05, 0.1) is 6.42 Å². The first kappa shape index (κ1) is 10.1. The van der Waals surface area contributed by atoms with Crippen LogP contribution in [0, 0.1) is 6.92 Å². The third-order valence-electron chi connectivity index (χ3n) is 2.47. The van der Waals surface area contributed by atoms with E-state index < -0.39 is 0 Å². The van der Waals surface area contributed by atoms with Crippen LogP contribution in [0.3, 0.4) is 0 Å². The Kier molecular flexibility index (Phi) is 2.40. The summed E-state index contributed by atoms with van der Waals surface area (Å²) in [4.78, 5) is 14.0. The quantitative estimate of drug-likeness (QED) is 0.804. The number of primary amides is 1. The predicted molar refractivity (Wildman–Crippen MR) is 60.9 cm³/mol. The van der Waals surface area contributed by atoms with Gasteiger partial charge in [-0.2, -0.15) is 0 Å². The first-order valence-electron chi connectivity index (χ1n) is 4.63. The molecule has 0 aliphatic carbocycles. The van der Waals surface area contributed by atoms with Crippen LogP contribution in [0.5, 0.6) is 0 Å². The Morgan fingerprint density at radius 1 is 1.53 bits per heavy atom. The number of aromatic nitrogens is 1. The smallest absolute Gasteiger partial charge is 0.223 e. The molecule has 1 heterocycles. The summed E-state index contributed by atoms with van der Waals surface area (Å²) in [5.41, 5.74) is 8.03. The van der Waals surface area contributed by atoms with Crippen LogP contribution in [0.15, 0.2) is 18.2 Å². The molecule has 0 aliphatic heterocycles. The average Bonchev–Trinajstić information content (AvgIpc) is 2.44. The second kappa shape index (κ2) is 3.59. The van der Waals surface area contributed by atoms with Crippen LogP contribution in [0.4, 0.5) is 0 Å². The van der Waals surface area contributed by atoms with Gasteiger partial charge in [0.2, 0.25) is 5.91 Å². The van der Waals surface area contributed by atoms with Crippen molar-refractivity contribution in [3.63, 3.8) is 0 Å². The van der Waals surface area contributed by atoms with E-state index in [4.69, 9.17) is 17.3 Å². The fraction of sp³-hybridized carbons (Fsp3) is 0.182. The van der Waals surface area contributed by atoms with Crippen molar-refractivity contribution >= 4 is 28.4 Å². The number of halogens is 1. The summed E-state index contributed by atoms with van der Waals surface area (Å²) in [6.07, 6.45) is 0.234. The molecule has 78 valence electrons. The Morgan fingerprint density at radius 3 is 2.93 bits per heavy atom. The minimum atomic E-state index is -0.337. The maximum Gasteiger partial charge on any atom is 0.223 e. The van der Waals surface area contributed by atoms with Crippen LogP contribution < -0.4 is 5.73 Å². The molecule has 0 saturated carbocycles. The summed E-state index contributed by atoms with van der Waals surface area (Å²) in [7, 11) is 0. The van der Waals surface area contributed by atoms with Crippen molar-refractivity contribution in [2.45, 2.75) is 13.3 Å². The lowest BCUT2D eigenvalue weighted by Crippen LogP contribution is -2.14. The second-order valence-corrected chi connectivity index (χ2v) is 4.00. The van der Waals surface area contributed by atoms with E-state index in [9.17, 15) is 4.79 Å². The molecule has 4 heteroatoms. The Morgan fingerprint density at radius 2 is 2.27 bits per heavy atom. The molecule has 1 amide bonds. The lowest BCUT2D eigenvalue weighted by Gasteiger charge is -1.94. The molecule has 0 unspecified atom stereocenters. The molecule has 1 aromatic carbocycles. The van der Waals surface area contributed by atoms with E-state index in [2.05, 4.69) is 4.98 Å². The van der Waals surface area contributed by atoms with Crippen LogP contribution in [0.1, 0.15) is 11.3 Å². The van der Waals surface area contributed by atoms with Crippen molar-refractivity contribution in [2.24, 2.45) is 5.73 Å². The number of hydrogen-bond donors (Lipinski definition) is 2. The Bertz CT molecular complexity index is 531. The van der Waals surface area contributed by atoms with Crippen molar-refractivity contribution in [3.05, 3.63) is 34.5 Å². The maximum absolute atomic E-state index is 10.8. The highest BCUT2D eigenvalue weighted by molar-refractivity contribution is 6.31. The summed E-state index contributed by atoms with van der Waals surface area (Å²) in [6, 6.07) is 5.59. The molecule has 15 heavy (non-hydrogen) atoms. The number of amides is 1. The molecule has 0 fully saturated rings. The largest absolute Gasteiger partial charge is 0.369 e. The van der Waals surface area contributed by atoms with Crippen molar-refractivity contribution in [1.29, 1.82) is 0 Å². The number of hydrogen-bond acceptors (Lipinski definition) is 1. The first-order valence-corrected chi connectivity index (χ1v) is 5.00. The number of benzene rings is 1. The van der Waals surface area contributed by atoms with Crippen LogP contribution in [0.25, 0.3) is 10.9 Å². The molecule has 1 aromatic heterocycles. The second-order valence-electron chi connectivity index (χ2n) is 3.56. The van der Waals surface area contributed by atoms with Gasteiger partial charge in [0.15, 0.2) is 0 Å². The lowest BCUT2D eigenvalue weighted by atomic mass is 10.1. The van der Waals surface area contributed by atoms with E-state index in [1.54, 1.807) is 0 Å². The molecule has 2 rings (SSSR count). The van der Waals surface area contributed by atoms with E-state index >= 15 is 0 Å². The predicted octanol–water partition coefficient (Wildman–Crippen LogP) is 2.16. The molecule has 0 spiro atoms.